The van der Waals surface area contributed by atoms with E-state index in [9.17, 15) is 9.59 Å². The van der Waals surface area contributed by atoms with E-state index in [0.717, 1.165) is 44.4 Å². The van der Waals surface area contributed by atoms with Gasteiger partial charge in [-0.05, 0) is 68.7 Å². The summed E-state index contributed by atoms with van der Waals surface area (Å²) in [6.07, 6.45) is 5.52. The van der Waals surface area contributed by atoms with Gasteiger partial charge >= 0.3 is 0 Å². The van der Waals surface area contributed by atoms with E-state index in [1.165, 1.54) is 0 Å². The molecule has 0 fully saturated rings. The maximum atomic E-state index is 13.1. The van der Waals surface area contributed by atoms with Crippen LogP contribution in [0.3, 0.4) is 0 Å². The summed E-state index contributed by atoms with van der Waals surface area (Å²) < 4.78 is 0. The molecule has 0 saturated carbocycles. The number of hydrogen-bond donors (Lipinski definition) is 1. The van der Waals surface area contributed by atoms with Gasteiger partial charge in [0.25, 0.3) is 5.91 Å². The van der Waals surface area contributed by atoms with Crippen LogP contribution in [0.4, 0.5) is 5.69 Å². The van der Waals surface area contributed by atoms with Crippen molar-refractivity contribution in [2.75, 3.05) is 26.0 Å². The Morgan fingerprint density at radius 2 is 2.03 bits per heavy atom. The van der Waals surface area contributed by atoms with Crippen LogP contribution in [-0.2, 0) is 24.2 Å². The second kappa shape index (κ2) is 9.96. The molecule has 2 aliphatic heterocycles. The number of fused-ring (bicyclic) bond motifs is 2. The molecule has 5 rings (SSSR count). The van der Waals surface area contributed by atoms with E-state index in [0.29, 0.717) is 37.2 Å². The van der Waals surface area contributed by atoms with Crippen LogP contribution in [0.5, 0.6) is 0 Å². The smallest absolute Gasteiger partial charge is 0.254 e. The van der Waals surface area contributed by atoms with Crippen LogP contribution in [0.15, 0.2) is 52.0 Å². The molecule has 2 atom stereocenters. The van der Waals surface area contributed by atoms with Crippen LogP contribution in [0.25, 0.3) is 0 Å². The second-order valence-corrected chi connectivity index (χ2v) is 11.5. The van der Waals surface area contributed by atoms with Crippen LogP contribution in [0.1, 0.15) is 46.6 Å². The molecule has 3 heterocycles. The minimum atomic E-state index is -0.0111. The molecule has 36 heavy (non-hydrogen) atoms. The number of carbonyl (C=O) groups is 2. The van der Waals surface area contributed by atoms with Crippen LogP contribution in [0, 0.1) is 0 Å². The third kappa shape index (κ3) is 4.80. The fraction of sp³-hybridized carbons (Fsp3) is 0.393. The normalized spacial score (nSPS) is 21.8. The van der Waals surface area contributed by atoms with E-state index < -0.39 is 0 Å². The van der Waals surface area contributed by atoms with Crippen molar-refractivity contribution >= 4 is 46.0 Å². The highest BCUT2D eigenvalue weighted by molar-refractivity contribution is 7.10. The zero-order valence-corrected chi connectivity index (χ0v) is 22.7. The van der Waals surface area contributed by atoms with Crippen LogP contribution < -0.4 is 5.32 Å². The number of halogens is 1. The van der Waals surface area contributed by atoms with Crippen molar-refractivity contribution in [1.29, 1.82) is 0 Å². The SMILES string of the molecule is C[C@H](CN1Cc2cc3c(cc2C1=O)CC(=C1C(=O)CC=CC1=N[C@@H](C)Cc1sccc1Cl)N3)N(C)C. The number of anilines is 1. The van der Waals surface area contributed by atoms with Crippen molar-refractivity contribution in [2.24, 2.45) is 4.99 Å². The molecule has 1 amide bonds. The number of benzene rings is 1. The Morgan fingerprint density at radius 3 is 2.75 bits per heavy atom. The first kappa shape index (κ1) is 24.9. The van der Waals surface area contributed by atoms with Crippen molar-refractivity contribution in [3.8, 4) is 0 Å². The van der Waals surface area contributed by atoms with Gasteiger partial charge in [-0.3, -0.25) is 14.6 Å². The highest BCUT2D eigenvalue weighted by atomic mass is 35.5. The molecule has 0 radical (unpaired) electrons. The number of amides is 1. The van der Waals surface area contributed by atoms with E-state index >= 15 is 0 Å². The minimum absolute atomic E-state index is 0.0111. The van der Waals surface area contributed by atoms with Crippen molar-refractivity contribution in [3.63, 3.8) is 0 Å². The third-order valence-electron chi connectivity index (χ3n) is 7.17. The average molecular weight is 523 g/mol. The minimum Gasteiger partial charge on any atom is -0.358 e. The number of thiophene rings is 1. The number of hydrogen-bond acceptors (Lipinski definition) is 6. The van der Waals surface area contributed by atoms with Gasteiger partial charge in [-0.25, -0.2) is 0 Å². The van der Waals surface area contributed by atoms with Gasteiger partial charge in [-0.15, -0.1) is 11.3 Å². The van der Waals surface area contributed by atoms with Gasteiger partial charge in [0.1, 0.15) is 0 Å². The number of Topliss-reactive ketones (excluding diaryl/α,β-unsaturated/α-hetero) is 1. The van der Waals surface area contributed by atoms with E-state index in [4.69, 9.17) is 16.6 Å². The van der Waals surface area contributed by atoms with Crippen molar-refractivity contribution in [1.82, 2.24) is 9.80 Å². The second-order valence-electron chi connectivity index (χ2n) is 10.1. The topological polar surface area (TPSA) is 65.0 Å². The van der Waals surface area contributed by atoms with Gasteiger partial charge < -0.3 is 15.1 Å². The van der Waals surface area contributed by atoms with Gasteiger partial charge in [0.15, 0.2) is 5.78 Å². The number of likely N-dealkylation sites (N-methyl/N-ethyl adjacent to an activating group) is 1. The Hall–Kier alpha value is -2.74. The van der Waals surface area contributed by atoms with E-state index in [2.05, 4.69) is 23.2 Å². The molecule has 1 aliphatic carbocycles. The lowest BCUT2D eigenvalue weighted by Gasteiger charge is -2.25. The average Bonchev–Trinajstić information content (AvgIpc) is 3.50. The maximum absolute atomic E-state index is 13.1. The van der Waals surface area contributed by atoms with Crippen molar-refractivity contribution < 1.29 is 9.59 Å². The number of aliphatic imine (C=N–C) groups is 1. The lowest BCUT2D eigenvalue weighted by atomic mass is 9.93. The molecular formula is C28H31ClN4O2S. The first-order chi connectivity index (χ1) is 17.2. The number of rotatable bonds is 6. The van der Waals surface area contributed by atoms with E-state index in [1.807, 2.05) is 55.6 Å². The van der Waals surface area contributed by atoms with Gasteiger partial charge in [0.2, 0.25) is 0 Å². The van der Waals surface area contributed by atoms with Crippen LogP contribution in [-0.4, -0.2) is 59.9 Å². The van der Waals surface area contributed by atoms with Gasteiger partial charge in [0.05, 0.1) is 22.3 Å². The summed E-state index contributed by atoms with van der Waals surface area (Å²) in [5.74, 6) is 0.156. The van der Waals surface area contributed by atoms with E-state index in [1.54, 1.807) is 11.3 Å². The number of nitrogens with one attached hydrogen (secondary N) is 1. The molecule has 0 bridgehead atoms. The molecule has 0 spiro atoms. The van der Waals surface area contributed by atoms with Crippen molar-refractivity contribution in [3.05, 3.63) is 73.6 Å². The Labute approximate surface area is 221 Å². The monoisotopic (exact) mass is 522 g/mol. The van der Waals surface area contributed by atoms with Crippen molar-refractivity contribution in [2.45, 2.75) is 51.7 Å². The molecule has 0 saturated heterocycles. The fourth-order valence-corrected chi connectivity index (χ4v) is 6.20. The van der Waals surface area contributed by atoms with Gasteiger partial charge in [-0.2, -0.15) is 0 Å². The Balaban J connectivity index is 1.39. The molecule has 6 nitrogen and oxygen atoms in total. The highest BCUT2D eigenvalue weighted by Crippen LogP contribution is 2.37. The molecule has 1 N–H and O–H groups in total. The molecule has 8 heteroatoms. The van der Waals surface area contributed by atoms with Gasteiger partial charge in [0, 0.05) is 60.2 Å². The first-order valence-corrected chi connectivity index (χ1v) is 13.6. The Bertz CT molecular complexity index is 1320. The molecule has 3 aliphatic rings. The number of nitrogens with zero attached hydrogens (tertiary/aromatic N) is 3. The number of allylic oxidation sites excluding steroid dienone is 4. The summed E-state index contributed by atoms with van der Waals surface area (Å²) in [6.45, 7) is 5.49. The molecule has 1 aromatic carbocycles. The Kier molecular flexibility index (Phi) is 6.90. The summed E-state index contributed by atoms with van der Waals surface area (Å²) in [7, 11) is 4.06. The third-order valence-corrected chi connectivity index (χ3v) is 8.58. The van der Waals surface area contributed by atoms with Crippen LogP contribution in [0.2, 0.25) is 5.02 Å². The molecule has 2 aromatic rings. The van der Waals surface area contributed by atoms with Crippen LogP contribution >= 0.6 is 22.9 Å². The largest absolute Gasteiger partial charge is 0.358 e. The lowest BCUT2D eigenvalue weighted by Crippen LogP contribution is -2.38. The quantitative estimate of drug-likeness (QED) is 0.534. The molecule has 0 unspecified atom stereocenters. The zero-order chi connectivity index (χ0) is 25.6. The summed E-state index contributed by atoms with van der Waals surface area (Å²) in [5.41, 5.74) is 6.08. The summed E-state index contributed by atoms with van der Waals surface area (Å²) >= 11 is 7.91. The fourth-order valence-electron chi connectivity index (χ4n) is 4.97. The zero-order valence-electron chi connectivity index (χ0n) is 21.1. The molecular weight excluding hydrogens is 492 g/mol. The number of ketones is 1. The predicted molar refractivity (Wildman–Crippen MR) is 147 cm³/mol. The van der Waals surface area contributed by atoms with E-state index in [-0.39, 0.29) is 23.8 Å². The Morgan fingerprint density at radius 1 is 1.22 bits per heavy atom. The summed E-state index contributed by atoms with van der Waals surface area (Å²) in [4.78, 5) is 36.2. The molecule has 188 valence electrons. The standard InChI is InChI=1S/C28H31ClN4O2S/c1-16(10-26-21(29)8-9-36-26)30-22-6-5-7-25(34)27(22)24-12-18-11-20-19(13-23(18)31-24)15-33(28(20)35)14-17(2)32(3)4/h5-6,8-9,11,13,16-17,31H,7,10,12,14-15H2,1-4H3/t16-,17+/m0/s1. The summed E-state index contributed by atoms with van der Waals surface area (Å²) in [5, 5.41) is 6.25. The highest BCUT2D eigenvalue weighted by Gasteiger charge is 2.33. The summed E-state index contributed by atoms with van der Waals surface area (Å²) in [6, 6.07) is 6.27. The lowest BCUT2D eigenvalue weighted by molar-refractivity contribution is -0.114. The maximum Gasteiger partial charge on any atom is 0.254 e. The number of carbonyl (C=O) groups excluding carboxylic acids is 2. The first-order valence-electron chi connectivity index (χ1n) is 12.3. The molecule has 1 aromatic heterocycles. The van der Waals surface area contributed by atoms with Gasteiger partial charge in [-0.1, -0.05) is 17.7 Å². The predicted octanol–water partition coefficient (Wildman–Crippen LogP) is 5.13.